The lowest BCUT2D eigenvalue weighted by atomic mass is 9.99. The van der Waals surface area contributed by atoms with E-state index in [1.807, 2.05) is 13.8 Å². The van der Waals surface area contributed by atoms with E-state index in [4.69, 9.17) is 14.2 Å². The average Bonchev–Trinajstić information content (AvgIpc) is 2.78. The molecule has 2 aromatic carbocycles. The number of hydrogen-bond donors (Lipinski definition) is 2. The van der Waals surface area contributed by atoms with Crippen LogP contribution < -0.4 is 24.2 Å². The highest BCUT2D eigenvalue weighted by molar-refractivity contribution is 8.00. The van der Waals surface area contributed by atoms with E-state index >= 15 is 0 Å². The molecule has 488 valence electrons. The number of anilines is 3. The average molecular weight is 1310 g/mol. The van der Waals surface area contributed by atoms with Crippen molar-refractivity contribution < 1.29 is 90.0 Å². The Hall–Kier alpha value is -6.03. The monoisotopic (exact) mass is 1310 g/mol. The van der Waals surface area contributed by atoms with E-state index in [-0.39, 0.29) is 71.2 Å². The van der Waals surface area contributed by atoms with Crippen LogP contribution in [0.25, 0.3) is 0 Å². The van der Waals surface area contributed by atoms with E-state index in [1.165, 1.54) is 49.0 Å². The lowest BCUT2D eigenvalue weighted by Crippen LogP contribution is -2.46. The van der Waals surface area contributed by atoms with Gasteiger partial charge in [0.05, 0.1) is 47.1 Å². The van der Waals surface area contributed by atoms with Gasteiger partial charge in [0.25, 0.3) is 0 Å². The van der Waals surface area contributed by atoms with Gasteiger partial charge in [-0.2, -0.15) is 65.9 Å². The smallest absolute Gasteiger partial charge is 0.417 e. The zero-order valence-corrected chi connectivity index (χ0v) is 50.2. The van der Waals surface area contributed by atoms with Crippen LogP contribution in [0.3, 0.4) is 0 Å². The van der Waals surface area contributed by atoms with Crippen LogP contribution in [0.1, 0.15) is 138 Å². The number of hydrogen-bond acceptors (Lipinski definition) is 13. The molecule has 9 atom stereocenters. The first-order chi connectivity index (χ1) is 41.8. The number of esters is 1. The molecule has 3 aromatic heterocycles. The highest BCUT2D eigenvalue weighted by atomic mass is 32.2. The van der Waals surface area contributed by atoms with Crippen molar-refractivity contribution in [1.29, 1.82) is 0 Å². The van der Waals surface area contributed by atoms with Gasteiger partial charge in [-0.05, 0) is 150 Å². The fourth-order valence-electron chi connectivity index (χ4n) is 12.4. The second-order valence-electron chi connectivity index (χ2n) is 22.7. The molecule has 0 amide bonds. The van der Waals surface area contributed by atoms with Crippen LogP contribution in [0.2, 0.25) is 0 Å². The topological polar surface area (TPSA) is 113 Å². The van der Waals surface area contributed by atoms with Crippen molar-refractivity contribution in [2.45, 2.75) is 205 Å². The minimum atomic E-state index is -4.44. The van der Waals surface area contributed by atoms with Crippen molar-refractivity contribution in [3.05, 3.63) is 119 Å². The Morgan fingerprint density at radius 3 is 1.19 bits per heavy atom. The number of carbonyl (C=O) groups excluding carboxylic acids is 1. The number of carbonyl (C=O) groups is 1. The first kappa shape index (κ1) is 68.9. The summed E-state index contributed by atoms with van der Waals surface area (Å²) in [4.78, 5) is 30.5. The maximum Gasteiger partial charge on any atom is 0.417 e. The van der Waals surface area contributed by atoms with Crippen LogP contribution in [0.4, 0.5) is 83.3 Å². The van der Waals surface area contributed by atoms with Gasteiger partial charge in [0.2, 0.25) is 0 Å². The van der Waals surface area contributed by atoms with Crippen LogP contribution in [-0.2, 0) is 40.4 Å². The number of benzene rings is 2. The first-order valence-corrected chi connectivity index (χ1v) is 30.5. The molecule has 6 aliphatic heterocycles. The molecule has 5 aromatic rings. The molecule has 0 aliphatic carbocycles. The molecule has 6 aliphatic rings. The number of alkyl halides is 15. The minimum Gasteiger partial charge on any atom is -0.492 e. The maximum atomic E-state index is 13.1. The molecule has 6 fully saturated rings. The lowest BCUT2D eigenvalue weighted by molar-refractivity contribution is -0.148. The Bertz CT molecular complexity index is 3080. The van der Waals surface area contributed by atoms with Gasteiger partial charge in [0.1, 0.15) is 35.1 Å². The third kappa shape index (κ3) is 17.9. The van der Waals surface area contributed by atoms with Gasteiger partial charge < -0.3 is 34.0 Å². The number of fused-ring (bicyclic) bond motifs is 6. The maximum absolute atomic E-state index is 13.1. The largest absolute Gasteiger partial charge is 0.492 e. The second kappa shape index (κ2) is 28.6. The van der Waals surface area contributed by atoms with Crippen LogP contribution in [-0.4, -0.2) is 93.0 Å². The van der Waals surface area contributed by atoms with Crippen LogP contribution in [0.5, 0.6) is 11.5 Å². The number of thiol groups is 1. The van der Waals surface area contributed by atoms with Crippen LogP contribution in [0, 0.1) is 0 Å². The zero-order valence-electron chi connectivity index (χ0n) is 48.5. The van der Waals surface area contributed by atoms with Gasteiger partial charge >= 0.3 is 36.9 Å². The van der Waals surface area contributed by atoms with E-state index in [0.717, 1.165) is 119 Å². The van der Waals surface area contributed by atoms with E-state index < -0.39 is 58.7 Å². The lowest BCUT2D eigenvalue weighted by Gasteiger charge is -2.39. The van der Waals surface area contributed by atoms with Crippen molar-refractivity contribution in [2.75, 3.05) is 27.9 Å². The van der Waals surface area contributed by atoms with Gasteiger partial charge in [-0.3, -0.25) is 4.79 Å². The second-order valence-corrected chi connectivity index (χ2v) is 24.5. The molecular formula is C61H67F15N6O5S2. The van der Waals surface area contributed by atoms with E-state index in [1.54, 1.807) is 0 Å². The number of ether oxygens (including phenoxy) is 3. The predicted octanol–water partition coefficient (Wildman–Crippen LogP) is 16.7. The fourth-order valence-corrected chi connectivity index (χ4v) is 14.0. The van der Waals surface area contributed by atoms with Gasteiger partial charge in [-0.1, -0.05) is 13.8 Å². The van der Waals surface area contributed by atoms with Gasteiger partial charge in [-0.15, -0.1) is 24.4 Å². The van der Waals surface area contributed by atoms with Crippen molar-refractivity contribution in [1.82, 2.24) is 15.0 Å². The number of aliphatic hydroxyl groups is 1. The van der Waals surface area contributed by atoms with Crippen molar-refractivity contribution >= 4 is 47.8 Å². The van der Waals surface area contributed by atoms with Crippen molar-refractivity contribution in [2.24, 2.45) is 0 Å². The molecule has 0 spiro atoms. The Kier molecular flexibility index (Phi) is 22.2. The van der Waals surface area contributed by atoms with Crippen molar-refractivity contribution in [3.63, 3.8) is 0 Å². The third-order valence-corrected chi connectivity index (χ3v) is 17.9. The summed E-state index contributed by atoms with van der Waals surface area (Å²) in [5, 5.41) is 9.88. The molecule has 6 bridgehead atoms. The molecule has 11 rings (SSSR count). The highest BCUT2D eigenvalue weighted by Gasteiger charge is 2.46. The van der Waals surface area contributed by atoms with E-state index in [0.29, 0.717) is 72.6 Å². The summed E-state index contributed by atoms with van der Waals surface area (Å²) >= 11 is 5.54. The predicted molar refractivity (Wildman–Crippen MR) is 306 cm³/mol. The number of rotatable bonds is 12. The SMILES string of the molecule is CC(=O)OC1C[C@H]2CC[C@@H](C1)N2c1ccc(C(F)(F)F)cn1.CCCOc1cc(C(F)(F)F)ccc1S.CCCOc1cc(C(F)(F)F)ccc1SC1C[C@H]2CC[C@@H](C1)N2c1ccc(C(F)(F)F)cn1.OC1C[C@H]2CC[C@@H](C1)N2c1ccc(C(F)(F)F)cn1. The molecule has 3 unspecified atom stereocenters. The summed E-state index contributed by atoms with van der Waals surface area (Å²) in [6.45, 7) is 5.88. The number of halogens is 15. The van der Waals surface area contributed by atoms with E-state index in [9.17, 15) is 75.8 Å². The Morgan fingerprint density at radius 2 is 0.843 bits per heavy atom. The Labute approximate surface area is 514 Å². The number of thioether (sulfide) groups is 1. The summed E-state index contributed by atoms with van der Waals surface area (Å²) in [7, 11) is 0. The minimum absolute atomic E-state index is 0.0966. The summed E-state index contributed by atoms with van der Waals surface area (Å²) in [6, 6.07) is 15.4. The summed E-state index contributed by atoms with van der Waals surface area (Å²) in [5.41, 5.74) is -3.68. The Morgan fingerprint density at radius 1 is 0.506 bits per heavy atom. The number of pyridine rings is 3. The molecule has 0 saturated carbocycles. The number of piperidine rings is 3. The third-order valence-electron chi connectivity index (χ3n) is 16.2. The number of aliphatic hydroxyl groups excluding tert-OH is 1. The first-order valence-electron chi connectivity index (χ1n) is 29.1. The molecule has 89 heavy (non-hydrogen) atoms. The number of nitrogens with zero attached hydrogens (tertiary/aromatic N) is 6. The normalized spacial score (nSPS) is 24.0. The van der Waals surface area contributed by atoms with Gasteiger partial charge in [0, 0.05) is 89.6 Å². The number of aromatic nitrogens is 3. The summed E-state index contributed by atoms with van der Waals surface area (Å²) in [6.07, 6.45) is -8.23. The molecule has 28 heteroatoms. The van der Waals surface area contributed by atoms with Gasteiger partial charge in [0.15, 0.2) is 0 Å². The molecule has 9 heterocycles. The van der Waals surface area contributed by atoms with Crippen LogP contribution in [0.15, 0.2) is 101 Å². The van der Waals surface area contributed by atoms with Gasteiger partial charge in [-0.25, -0.2) is 15.0 Å². The van der Waals surface area contributed by atoms with Crippen LogP contribution >= 0.6 is 24.4 Å². The summed E-state index contributed by atoms with van der Waals surface area (Å²) < 4.78 is 206. The molecule has 6 saturated heterocycles. The quantitative estimate of drug-likeness (QED) is 0.0704. The van der Waals surface area contributed by atoms with Crippen molar-refractivity contribution in [3.8, 4) is 11.5 Å². The molecule has 0 radical (unpaired) electrons. The zero-order chi connectivity index (χ0) is 64.8. The standard InChI is InChI=1S/C23H24F6N2OS.C15H17F3N2O2.C13H15F3N2O.C10H11F3OS/c1-2-9-32-19-10-14(22(24,25)26)3-7-20(19)33-18-11-16-5-6-17(12-18)31(16)21-8-4-15(13-30-21)23(27,28)29;1-9(21)22-13-6-11-3-4-12(7-13)20(11)14-5-2-10(8-19-14)15(16,17)18;14-13(15,16)8-1-4-12(17-7-8)18-9-2-3-10(18)6-11(19)5-9;1-2-5-14-8-6-7(10(11,12)13)3-4-9(8)15/h3-4,7-8,10,13,16-18H,2,5-6,9,11-12H2,1H3;2,5,8,11-13H,3-4,6-7H2,1H3;1,4,7,9-11,19H,2-3,5-6H2;3-4,6,15H,2,5H2,1H3/t16-,17+,18?;11-,12+,13?;9-,10+,11?;. The Balaban J connectivity index is 0.000000160. The molecule has 11 nitrogen and oxygen atoms in total. The molecule has 1 N–H and O–H groups in total. The molecular weight excluding hydrogens is 1250 g/mol. The van der Waals surface area contributed by atoms with E-state index in [2.05, 4.69) is 42.3 Å². The fraction of sp³-hybridized carbons (Fsp3) is 0.541. The highest BCUT2D eigenvalue weighted by Crippen LogP contribution is 2.48. The summed E-state index contributed by atoms with van der Waals surface area (Å²) in [5.74, 6) is 1.84.